The number of hydrogen-bond acceptors (Lipinski definition) is 1. The van der Waals surface area contributed by atoms with Gasteiger partial charge in [-0.1, -0.05) is 38.1 Å². The zero-order valence-electron chi connectivity index (χ0n) is 8.13. The molecule has 0 aromatic heterocycles. The fraction of sp³-hybridized carbons (Fsp3) is 0.455. The van der Waals surface area contributed by atoms with E-state index in [1.165, 1.54) is 5.56 Å². The van der Waals surface area contributed by atoms with Crippen molar-refractivity contribution in [3.63, 3.8) is 0 Å². The summed E-state index contributed by atoms with van der Waals surface area (Å²) in [5, 5.41) is 0. The van der Waals surface area contributed by atoms with Gasteiger partial charge in [-0.15, -0.1) is 11.6 Å². The molecule has 0 saturated carbocycles. The molecule has 2 heteroatoms. The Morgan fingerprint density at radius 2 is 1.62 bits per heavy atom. The Bertz CT molecular complexity index is 253. The molecule has 0 aliphatic carbocycles. The molecule has 1 unspecified atom stereocenters. The Morgan fingerprint density at radius 3 is 2.00 bits per heavy atom. The first-order chi connectivity index (χ1) is 6.15. The maximum Gasteiger partial charge on any atom is 0.0432 e. The lowest BCUT2D eigenvalue weighted by molar-refractivity contribution is 0.818. The van der Waals surface area contributed by atoms with Gasteiger partial charge in [0, 0.05) is 11.9 Å². The standard InChI is InChI=1S/C11H16ClN/c1-8(2)9-3-5-10(6-4-9)11(13)7-12/h3-6,8,11H,7,13H2,1-2H3. The van der Waals surface area contributed by atoms with Crippen LogP contribution in [0.3, 0.4) is 0 Å². The third kappa shape index (κ3) is 2.71. The zero-order valence-corrected chi connectivity index (χ0v) is 8.88. The van der Waals surface area contributed by atoms with Crippen LogP contribution < -0.4 is 5.73 Å². The second kappa shape index (κ2) is 4.64. The largest absolute Gasteiger partial charge is 0.323 e. The van der Waals surface area contributed by atoms with E-state index in [2.05, 4.69) is 38.1 Å². The average Bonchev–Trinajstić information content (AvgIpc) is 2.17. The number of rotatable bonds is 3. The summed E-state index contributed by atoms with van der Waals surface area (Å²) in [5.74, 6) is 1.04. The topological polar surface area (TPSA) is 26.0 Å². The van der Waals surface area contributed by atoms with Crippen molar-refractivity contribution in [3.8, 4) is 0 Å². The number of nitrogens with two attached hydrogens (primary N) is 1. The van der Waals surface area contributed by atoms with Crippen LogP contribution >= 0.6 is 11.6 Å². The van der Waals surface area contributed by atoms with E-state index in [0.29, 0.717) is 11.8 Å². The summed E-state index contributed by atoms with van der Waals surface area (Å²) in [4.78, 5) is 0. The minimum atomic E-state index is -0.0390. The van der Waals surface area contributed by atoms with Crippen LogP contribution in [0.5, 0.6) is 0 Å². The molecule has 1 aromatic rings. The molecule has 1 rings (SSSR count). The van der Waals surface area contributed by atoms with Gasteiger partial charge < -0.3 is 5.73 Å². The predicted octanol–water partition coefficient (Wildman–Crippen LogP) is 3.05. The van der Waals surface area contributed by atoms with E-state index in [0.717, 1.165) is 5.56 Å². The number of benzene rings is 1. The first kappa shape index (κ1) is 10.6. The van der Waals surface area contributed by atoms with Gasteiger partial charge in [-0.3, -0.25) is 0 Å². The zero-order chi connectivity index (χ0) is 9.84. The first-order valence-electron chi connectivity index (χ1n) is 4.56. The molecule has 0 heterocycles. The van der Waals surface area contributed by atoms with Gasteiger partial charge in [-0.25, -0.2) is 0 Å². The van der Waals surface area contributed by atoms with Crippen molar-refractivity contribution in [3.05, 3.63) is 35.4 Å². The van der Waals surface area contributed by atoms with Crippen molar-refractivity contribution in [1.82, 2.24) is 0 Å². The van der Waals surface area contributed by atoms with Crippen LogP contribution in [-0.2, 0) is 0 Å². The highest BCUT2D eigenvalue weighted by atomic mass is 35.5. The van der Waals surface area contributed by atoms with Crippen molar-refractivity contribution < 1.29 is 0 Å². The normalized spacial score (nSPS) is 13.3. The summed E-state index contributed by atoms with van der Waals surface area (Å²) < 4.78 is 0. The maximum absolute atomic E-state index is 5.79. The number of alkyl halides is 1. The third-order valence-corrected chi connectivity index (χ3v) is 2.53. The molecular weight excluding hydrogens is 182 g/mol. The molecule has 2 N–H and O–H groups in total. The van der Waals surface area contributed by atoms with Gasteiger partial charge in [-0.05, 0) is 17.0 Å². The molecule has 1 nitrogen and oxygen atoms in total. The van der Waals surface area contributed by atoms with E-state index in [-0.39, 0.29) is 6.04 Å². The Morgan fingerprint density at radius 1 is 1.15 bits per heavy atom. The van der Waals surface area contributed by atoms with E-state index in [4.69, 9.17) is 17.3 Å². The molecule has 0 aliphatic rings. The molecule has 0 fully saturated rings. The number of halogens is 1. The Labute approximate surface area is 84.9 Å². The van der Waals surface area contributed by atoms with Gasteiger partial charge in [0.15, 0.2) is 0 Å². The highest BCUT2D eigenvalue weighted by Gasteiger charge is 2.04. The summed E-state index contributed by atoms with van der Waals surface area (Å²) in [6.45, 7) is 4.35. The fourth-order valence-electron chi connectivity index (χ4n) is 1.22. The van der Waals surface area contributed by atoms with Crippen molar-refractivity contribution in [1.29, 1.82) is 0 Å². The molecule has 0 spiro atoms. The second-order valence-electron chi connectivity index (χ2n) is 3.58. The highest BCUT2D eigenvalue weighted by molar-refractivity contribution is 6.18. The third-order valence-electron chi connectivity index (χ3n) is 2.20. The maximum atomic E-state index is 5.79. The molecular formula is C11H16ClN. The summed E-state index contributed by atoms with van der Waals surface area (Å²) in [6, 6.07) is 8.31. The molecule has 0 bridgehead atoms. The van der Waals surface area contributed by atoms with Crippen LogP contribution in [0.25, 0.3) is 0 Å². The molecule has 0 radical (unpaired) electrons. The lowest BCUT2D eigenvalue weighted by Gasteiger charge is -2.10. The summed E-state index contributed by atoms with van der Waals surface area (Å²) in [6.07, 6.45) is 0. The molecule has 0 amide bonds. The number of hydrogen-bond donors (Lipinski definition) is 1. The van der Waals surface area contributed by atoms with Gasteiger partial charge >= 0.3 is 0 Å². The van der Waals surface area contributed by atoms with Gasteiger partial charge in [0.05, 0.1) is 0 Å². The van der Waals surface area contributed by atoms with Crippen LogP contribution in [0.2, 0.25) is 0 Å². The lowest BCUT2D eigenvalue weighted by Crippen LogP contribution is -2.11. The molecule has 1 aromatic carbocycles. The monoisotopic (exact) mass is 197 g/mol. The van der Waals surface area contributed by atoms with Crippen LogP contribution in [0.1, 0.15) is 36.9 Å². The smallest absolute Gasteiger partial charge is 0.0432 e. The molecule has 0 aliphatic heterocycles. The molecule has 13 heavy (non-hydrogen) atoms. The van der Waals surface area contributed by atoms with Crippen LogP contribution in [0, 0.1) is 0 Å². The molecule has 72 valence electrons. The van der Waals surface area contributed by atoms with E-state index < -0.39 is 0 Å². The minimum absolute atomic E-state index is 0.0390. The lowest BCUT2D eigenvalue weighted by atomic mass is 10.00. The first-order valence-corrected chi connectivity index (χ1v) is 5.10. The molecule has 0 saturated heterocycles. The fourth-order valence-corrected chi connectivity index (χ4v) is 1.40. The van der Waals surface area contributed by atoms with Crippen LogP contribution in [0.15, 0.2) is 24.3 Å². The van der Waals surface area contributed by atoms with Crippen molar-refractivity contribution >= 4 is 11.6 Å². The van der Waals surface area contributed by atoms with E-state index in [1.807, 2.05) is 0 Å². The van der Waals surface area contributed by atoms with E-state index >= 15 is 0 Å². The van der Waals surface area contributed by atoms with Crippen molar-refractivity contribution in [2.45, 2.75) is 25.8 Å². The van der Waals surface area contributed by atoms with Gasteiger partial charge in [0.2, 0.25) is 0 Å². The van der Waals surface area contributed by atoms with Crippen LogP contribution in [0.4, 0.5) is 0 Å². The van der Waals surface area contributed by atoms with E-state index in [1.54, 1.807) is 0 Å². The van der Waals surface area contributed by atoms with Gasteiger partial charge in [-0.2, -0.15) is 0 Å². The Kier molecular flexibility index (Phi) is 3.76. The Hall–Kier alpha value is -0.530. The molecule has 1 atom stereocenters. The summed E-state index contributed by atoms with van der Waals surface area (Å²) in [7, 11) is 0. The summed E-state index contributed by atoms with van der Waals surface area (Å²) in [5.41, 5.74) is 8.24. The van der Waals surface area contributed by atoms with Crippen molar-refractivity contribution in [2.24, 2.45) is 5.73 Å². The quantitative estimate of drug-likeness (QED) is 0.741. The van der Waals surface area contributed by atoms with E-state index in [9.17, 15) is 0 Å². The van der Waals surface area contributed by atoms with Gasteiger partial charge in [0.25, 0.3) is 0 Å². The SMILES string of the molecule is CC(C)c1ccc(C(N)CCl)cc1. The minimum Gasteiger partial charge on any atom is -0.323 e. The predicted molar refractivity (Wildman–Crippen MR) is 58.2 cm³/mol. The van der Waals surface area contributed by atoms with Crippen LogP contribution in [-0.4, -0.2) is 5.88 Å². The highest BCUT2D eigenvalue weighted by Crippen LogP contribution is 2.17. The van der Waals surface area contributed by atoms with Gasteiger partial charge in [0.1, 0.15) is 0 Å². The summed E-state index contributed by atoms with van der Waals surface area (Å²) >= 11 is 5.66. The Balaban J connectivity index is 2.81. The average molecular weight is 198 g/mol. The second-order valence-corrected chi connectivity index (χ2v) is 3.89. The van der Waals surface area contributed by atoms with Crippen molar-refractivity contribution in [2.75, 3.05) is 5.88 Å².